The first-order chi connectivity index (χ1) is 7.65. The highest BCUT2D eigenvalue weighted by molar-refractivity contribution is 5.86. The maximum Gasteiger partial charge on any atom is 0.268 e. The van der Waals surface area contributed by atoms with E-state index < -0.39 is 12.0 Å². The van der Waals surface area contributed by atoms with Crippen LogP contribution >= 0.6 is 0 Å². The Bertz CT molecular complexity index is 389. The molecule has 86 valence electrons. The lowest BCUT2D eigenvalue weighted by Gasteiger charge is -2.03. The summed E-state index contributed by atoms with van der Waals surface area (Å²) in [5, 5.41) is 12.6. The fourth-order valence-electron chi connectivity index (χ4n) is 1.03. The molecule has 1 aromatic carbocycles. The van der Waals surface area contributed by atoms with Crippen LogP contribution in [0.5, 0.6) is 5.75 Å². The van der Waals surface area contributed by atoms with Crippen LogP contribution in [0.1, 0.15) is 12.5 Å². The quantitative estimate of drug-likeness (QED) is 0.576. The minimum atomic E-state index is -1.07. The van der Waals surface area contributed by atoms with Crippen molar-refractivity contribution in [2.45, 2.75) is 13.0 Å². The topological polar surface area (TPSA) is 70.9 Å². The lowest BCUT2D eigenvalue weighted by molar-refractivity contribution is -0.128. The molecular formula is C11H14N2O3. The maximum absolute atomic E-state index is 11.0. The predicted octanol–water partition coefficient (Wildman–Crippen LogP) is 0.526. The lowest BCUT2D eigenvalue weighted by atomic mass is 10.2. The Hall–Kier alpha value is -1.88. The molecule has 5 nitrogen and oxygen atoms in total. The van der Waals surface area contributed by atoms with E-state index in [0.717, 1.165) is 5.56 Å². The number of rotatable bonds is 4. The number of ether oxygens (including phenoxy) is 1. The van der Waals surface area contributed by atoms with Crippen molar-refractivity contribution < 1.29 is 14.6 Å². The third-order valence-corrected chi connectivity index (χ3v) is 1.90. The zero-order chi connectivity index (χ0) is 12.0. The Morgan fingerprint density at radius 3 is 2.88 bits per heavy atom. The smallest absolute Gasteiger partial charge is 0.268 e. The van der Waals surface area contributed by atoms with Gasteiger partial charge in [-0.2, -0.15) is 5.10 Å². The van der Waals surface area contributed by atoms with Gasteiger partial charge in [0.05, 0.1) is 13.3 Å². The summed E-state index contributed by atoms with van der Waals surface area (Å²) in [6.07, 6.45) is 0.383. The summed E-state index contributed by atoms with van der Waals surface area (Å²) in [6.45, 7) is 1.37. The summed E-state index contributed by atoms with van der Waals surface area (Å²) in [5.41, 5.74) is 2.95. The van der Waals surface area contributed by atoms with Crippen molar-refractivity contribution >= 4 is 12.1 Å². The zero-order valence-electron chi connectivity index (χ0n) is 9.18. The van der Waals surface area contributed by atoms with Gasteiger partial charge in [-0.05, 0) is 19.1 Å². The third kappa shape index (κ3) is 3.36. The standard InChI is InChI=1S/C11H14N2O3/c1-8(14)11(15)13-12-7-9-5-3-4-6-10(9)16-2/h3-8,14H,1-2H3,(H,13,15)/b12-7-/t8-/m0/s1. The number of aliphatic hydroxyl groups is 1. The van der Waals surface area contributed by atoms with Crippen molar-refractivity contribution in [1.29, 1.82) is 0 Å². The van der Waals surface area contributed by atoms with Gasteiger partial charge in [0.15, 0.2) is 0 Å². The van der Waals surface area contributed by atoms with E-state index in [-0.39, 0.29) is 0 Å². The van der Waals surface area contributed by atoms with E-state index in [9.17, 15) is 4.79 Å². The maximum atomic E-state index is 11.0. The van der Waals surface area contributed by atoms with E-state index >= 15 is 0 Å². The molecule has 0 aromatic heterocycles. The van der Waals surface area contributed by atoms with Crippen molar-refractivity contribution in [3.63, 3.8) is 0 Å². The van der Waals surface area contributed by atoms with Crippen molar-refractivity contribution in [2.24, 2.45) is 5.10 Å². The van der Waals surface area contributed by atoms with Crippen molar-refractivity contribution in [3.8, 4) is 5.75 Å². The van der Waals surface area contributed by atoms with Crippen LogP contribution in [0, 0.1) is 0 Å². The van der Waals surface area contributed by atoms with E-state index in [1.165, 1.54) is 13.1 Å². The van der Waals surface area contributed by atoms with Gasteiger partial charge >= 0.3 is 0 Å². The van der Waals surface area contributed by atoms with E-state index in [2.05, 4.69) is 10.5 Å². The second-order valence-electron chi connectivity index (χ2n) is 3.15. The summed E-state index contributed by atoms with van der Waals surface area (Å²) >= 11 is 0. The van der Waals surface area contributed by atoms with Crippen LogP contribution in [0.2, 0.25) is 0 Å². The van der Waals surface area contributed by atoms with Crippen molar-refractivity contribution in [3.05, 3.63) is 29.8 Å². The van der Waals surface area contributed by atoms with Gasteiger partial charge < -0.3 is 9.84 Å². The Labute approximate surface area is 93.7 Å². The molecule has 0 fully saturated rings. The van der Waals surface area contributed by atoms with Crippen molar-refractivity contribution in [2.75, 3.05) is 7.11 Å². The van der Waals surface area contributed by atoms with Crippen LogP contribution in [0.3, 0.4) is 0 Å². The number of carbonyl (C=O) groups excluding carboxylic acids is 1. The van der Waals surface area contributed by atoms with Gasteiger partial charge in [0, 0.05) is 5.56 Å². The molecule has 0 aliphatic heterocycles. The first kappa shape index (κ1) is 12.2. The Balaban J connectivity index is 2.66. The summed E-state index contributed by atoms with van der Waals surface area (Å²) in [7, 11) is 1.56. The Morgan fingerprint density at radius 2 is 2.25 bits per heavy atom. The highest BCUT2D eigenvalue weighted by Gasteiger charge is 2.06. The molecule has 0 aliphatic rings. The third-order valence-electron chi connectivity index (χ3n) is 1.90. The number of nitrogens with zero attached hydrogens (tertiary/aromatic N) is 1. The van der Waals surface area contributed by atoms with E-state index in [1.807, 2.05) is 12.1 Å². The number of para-hydroxylation sites is 1. The number of nitrogens with one attached hydrogen (secondary N) is 1. The summed E-state index contributed by atoms with van der Waals surface area (Å²) < 4.78 is 5.10. The number of hydrazone groups is 1. The van der Waals surface area contributed by atoms with E-state index in [4.69, 9.17) is 9.84 Å². The number of hydrogen-bond donors (Lipinski definition) is 2. The molecule has 1 aromatic rings. The van der Waals surface area contributed by atoms with Gasteiger partial charge in [-0.1, -0.05) is 12.1 Å². The molecule has 1 amide bonds. The zero-order valence-corrected chi connectivity index (χ0v) is 9.18. The number of amides is 1. The van der Waals surface area contributed by atoms with Crippen LogP contribution in [0.25, 0.3) is 0 Å². The first-order valence-corrected chi connectivity index (χ1v) is 4.79. The monoisotopic (exact) mass is 222 g/mol. The van der Waals surface area contributed by atoms with Gasteiger partial charge in [-0.3, -0.25) is 4.79 Å². The van der Waals surface area contributed by atoms with Crippen LogP contribution in [0.4, 0.5) is 0 Å². The molecule has 0 aliphatic carbocycles. The fourth-order valence-corrected chi connectivity index (χ4v) is 1.03. The predicted molar refractivity (Wildman–Crippen MR) is 60.4 cm³/mol. The van der Waals surface area contributed by atoms with Gasteiger partial charge in [-0.25, -0.2) is 5.43 Å². The van der Waals surface area contributed by atoms with Gasteiger partial charge in [-0.15, -0.1) is 0 Å². The second-order valence-corrected chi connectivity index (χ2v) is 3.15. The van der Waals surface area contributed by atoms with Crippen LogP contribution in [0.15, 0.2) is 29.4 Å². The molecule has 0 bridgehead atoms. The van der Waals surface area contributed by atoms with E-state index in [0.29, 0.717) is 5.75 Å². The number of methoxy groups -OCH3 is 1. The molecule has 0 saturated carbocycles. The average Bonchev–Trinajstić information content (AvgIpc) is 2.29. The second kappa shape index (κ2) is 5.87. The fraction of sp³-hybridized carbons (Fsp3) is 0.273. The minimum absolute atomic E-state index is 0.550. The molecule has 0 unspecified atom stereocenters. The number of benzene rings is 1. The van der Waals surface area contributed by atoms with Gasteiger partial charge in [0.2, 0.25) is 0 Å². The highest BCUT2D eigenvalue weighted by Crippen LogP contribution is 2.14. The minimum Gasteiger partial charge on any atom is -0.496 e. The molecular weight excluding hydrogens is 208 g/mol. The SMILES string of the molecule is COc1ccccc1/C=N\NC(=O)[C@H](C)O. The van der Waals surface area contributed by atoms with Crippen LogP contribution in [-0.4, -0.2) is 30.4 Å². The summed E-state index contributed by atoms with van der Waals surface area (Å²) in [5.74, 6) is 0.115. The molecule has 1 atom stereocenters. The Kier molecular flexibility index (Phi) is 4.47. The Morgan fingerprint density at radius 1 is 1.56 bits per heavy atom. The number of hydrogen-bond acceptors (Lipinski definition) is 4. The van der Waals surface area contributed by atoms with E-state index in [1.54, 1.807) is 19.2 Å². The molecule has 5 heteroatoms. The first-order valence-electron chi connectivity index (χ1n) is 4.79. The lowest BCUT2D eigenvalue weighted by Crippen LogP contribution is -2.28. The van der Waals surface area contributed by atoms with Crippen LogP contribution < -0.4 is 10.2 Å². The average molecular weight is 222 g/mol. The molecule has 1 rings (SSSR count). The molecule has 2 N–H and O–H groups in total. The van der Waals surface area contributed by atoms with Gasteiger partial charge in [0.25, 0.3) is 5.91 Å². The molecule has 0 saturated heterocycles. The number of aliphatic hydroxyl groups excluding tert-OH is 1. The molecule has 0 heterocycles. The van der Waals surface area contributed by atoms with Crippen LogP contribution in [-0.2, 0) is 4.79 Å². The molecule has 0 spiro atoms. The molecule has 0 radical (unpaired) electrons. The largest absolute Gasteiger partial charge is 0.496 e. The number of carbonyl (C=O) groups is 1. The van der Waals surface area contributed by atoms with Gasteiger partial charge in [0.1, 0.15) is 11.9 Å². The molecule has 16 heavy (non-hydrogen) atoms. The summed E-state index contributed by atoms with van der Waals surface area (Å²) in [6, 6.07) is 7.26. The van der Waals surface area contributed by atoms with Crippen molar-refractivity contribution in [1.82, 2.24) is 5.43 Å². The summed E-state index contributed by atoms with van der Waals surface area (Å²) in [4.78, 5) is 11.0. The normalized spacial score (nSPS) is 12.4. The highest BCUT2D eigenvalue weighted by atomic mass is 16.5.